The lowest BCUT2D eigenvalue weighted by Crippen LogP contribution is -2.60. The number of aryl methyl sites for hydroxylation is 1. The molecule has 1 fully saturated rings. The molecule has 2 aliphatic rings. The molecular weight excluding hydrogens is 398 g/mol. The fourth-order valence-electron chi connectivity index (χ4n) is 6.09. The highest BCUT2D eigenvalue weighted by atomic mass is 28.4. The Balaban J connectivity index is 1.88. The third-order valence-corrected chi connectivity index (χ3v) is 13.7. The van der Waals surface area contributed by atoms with E-state index in [1.54, 1.807) is 0 Å². The van der Waals surface area contributed by atoms with Crippen LogP contribution in [0.4, 0.5) is 0 Å². The lowest BCUT2D eigenvalue weighted by atomic mass is 9.50. The van der Waals surface area contributed by atoms with Crippen LogP contribution >= 0.6 is 0 Å². The Bertz CT molecular complexity index is 1040. The molecule has 0 bridgehead atoms. The van der Waals surface area contributed by atoms with E-state index < -0.39 is 13.9 Å². The van der Waals surface area contributed by atoms with Crippen molar-refractivity contribution in [1.29, 1.82) is 0 Å². The second-order valence-electron chi connectivity index (χ2n) is 12.5. The number of fused-ring (bicyclic) bond motifs is 2. The van der Waals surface area contributed by atoms with Gasteiger partial charge in [-0.25, -0.2) is 0 Å². The maximum atomic E-state index is 12.4. The van der Waals surface area contributed by atoms with Crippen LogP contribution in [-0.4, -0.2) is 24.1 Å². The van der Waals surface area contributed by atoms with Gasteiger partial charge in [-0.15, -0.1) is 6.58 Å². The van der Waals surface area contributed by atoms with Crippen LogP contribution < -0.4 is 0 Å². The second-order valence-corrected chi connectivity index (χ2v) is 17.3. The Kier molecular flexibility index (Phi) is 4.85. The molecule has 31 heavy (non-hydrogen) atoms. The van der Waals surface area contributed by atoms with Crippen LogP contribution in [0.2, 0.25) is 18.1 Å². The van der Waals surface area contributed by atoms with Gasteiger partial charge in [0.25, 0.3) is 0 Å². The summed E-state index contributed by atoms with van der Waals surface area (Å²) in [5, 5.41) is 13.8. The van der Waals surface area contributed by atoms with Crippen molar-refractivity contribution in [3.8, 4) is 0 Å². The summed E-state index contributed by atoms with van der Waals surface area (Å²) >= 11 is 0. The number of aromatic nitrogens is 1. The molecule has 4 atom stereocenters. The van der Waals surface area contributed by atoms with Crippen molar-refractivity contribution in [2.75, 3.05) is 0 Å². The van der Waals surface area contributed by atoms with Gasteiger partial charge in [-0.05, 0) is 48.0 Å². The summed E-state index contributed by atoms with van der Waals surface area (Å²) in [4.78, 5) is 0. The van der Waals surface area contributed by atoms with E-state index in [4.69, 9.17) is 4.43 Å². The highest BCUT2D eigenvalue weighted by Crippen LogP contribution is 2.62. The van der Waals surface area contributed by atoms with Gasteiger partial charge in [0.05, 0.1) is 11.7 Å². The van der Waals surface area contributed by atoms with Crippen molar-refractivity contribution in [2.24, 2.45) is 18.4 Å². The van der Waals surface area contributed by atoms with Gasteiger partial charge >= 0.3 is 0 Å². The van der Waals surface area contributed by atoms with Crippen LogP contribution in [0.3, 0.4) is 0 Å². The van der Waals surface area contributed by atoms with E-state index >= 15 is 0 Å². The summed E-state index contributed by atoms with van der Waals surface area (Å²) in [5.74, 6) is 0.0864. The van der Waals surface area contributed by atoms with Crippen LogP contribution in [0, 0.1) is 11.3 Å². The summed E-state index contributed by atoms with van der Waals surface area (Å²) < 4.78 is 9.23. The van der Waals surface area contributed by atoms with E-state index in [0.717, 1.165) is 12.0 Å². The standard InChI is InChI=1S/C27H41NO2Si/c1-11-26(7)17-27(29)19-16-28(8)20-14-12-13-18(23(19)20)25(5,6)21(27)15-22(26)30-31(9,10)24(2,3)4/h11-14,16,21-22,29H,1,15,17H2,2-10H3/t21?,22-,26-,27?/m1/s1. The minimum absolute atomic E-state index is 0.0555. The van der Waals surface area contributed by atoms with E-state index in [1.165, 1.54) is 16.5 Å². The molecule has 1 heterocycles. The van der Waals surface area contributed by atoms with Gasteiger partial charge in [0, 0.05) is 41.0 Å². The third kappa shape index (κ3) is 3.05. The fraction of sp³-hybridized carbons (Fsp3) is 0.630. The van der Waals surface area contributed by atoms with Gasteiger partial charge in [-0.2, -0.15) is 0 Å². The monoisotopic (exact) mass is 439 g/mol. The van der Waals surface area contributed by atoms with Gasteiger partial charge < -0.3 is 14.1 Å². The van der Waals surface area contributed by atoms with E-state index in [2.05, 4.69) is 97.2 Å². The number of rotatable bonds is 3. The van der Waals surface area contributed by atoms with Crippen LogP contribution in [0.15, 0.2) is 37.1 Å². The predicted molar refractivity (Wildman–Crippen MR) is 133 cm³/mol. The molecule has 1 aromatic heterocycles. The molecule has 0 radical (unpaired) electrons. The Labute approximate surface area is 189 Å². The molecule has 1 saturated carbocycles. The van der Waals surface area contributed by atoms with Gasteiger partial charge in [-0.1, -0.05) is 59.8 Å². The summed E-state index contributed by atoms with van der Waals surface area (Å²) in [5.41, 5.74) is 2.30. The average Bonchev–Trinajstić information content (AvgIpc) is 2.99. The van der Waals surface area contributed by atoms with Crippen molar-refractivity contribution in [2.45, 2.75) is 89.6 Å². The third-order valence-electron chi connectivity index (χ3n) is 9.17. The lowest BCUT2D eigenvalue weighted by molar-refractivity contribution is -0.149. The van der Waals surface area contributed by atoms with Crippen molar-refractivity contribution in [1.82, 2.24) is 4.57 Å². The molecular formula is C27H41NO2Si. The van der Waals surface area contributed by atoms with E-state index in [1.807, 2.05) is 6.08 Å². The van der Waals surface area contributed by atoms with Crippen molar-refractivity contribution < 1.29 is 9.53 Å². The summed E-state index contributed by atoms with van der Waals surface area (Å²) in [6.07, 6.45) is 5.75. The van der Waals surface area contributed by atoms with Crippen LogP contribution in [0.1, 0.15) is 65.5 Å². The molecule has 4 rings (SSSR count). The molecule has 0 saturated heterocycles. The zero-order valence-electron chi connectivity index (χ0n) is 21.0. The molecule has 2 aliphatic carbocycles. The SMILES string of the molecule is C=C[C@]1(C)CC2(O)c3cn(C)c4cccc(c34)C(C)(C)C2C[C@H]1O[Si](C)(C)C(C)(C)C. The normalized spacial score (nSPS) is 32.7. The highest BCUT2D eigenvalue weighted by Gasteiger charge is 2.61. The first-order chi connectivity index (χ1) is 14.1. The molecule has 3 nitrogen and oxygen atoms in total. The first-order valence-corrected chi connectivity index (χ1v) is 14.6. The number of nitrogens with zero attached hydrogens (tertiary/aromatic N) is 1. The summed E-state index contributed by atoms with van der Waals surface area (Å²) in [6.45, 7) is 22.6. The Morgan fingerprint density at radius 2 is 1.84 bits per heavy atom. The number of hydrogen-bond donors (Lipinski definition) is 1. The average molecular weight is 440 g/mol. The second kappa shape index (κ2) is 6.58. The molecule has 0 amide bonds. The van der Waals surface area contributed by atoms with E-state index in [0.29, 0.717) is 6.42 Å². The minimum Gasteiger partial charge on any atom is -0.413 e. The van der Waals surface area contributed by atoms with Crippen molar-refractivity contribution in [3.63, 3.8) is 0 Å². The minimum atomic E-state index is -1.97. The zero-order chi connectivity index (χ0) is 23.2. The maximum Gasteiger partial charge on any atom is 0.192 e. The van der Waals surface area contributed by atoms with Crippen LogP contribution in [0.25, 0.3) is 10.9 Å². The molecule has 1 aromatic carbocycles. The molecule has 1 N–H and O–H groups in total. The topological polar surface area (TPSA) is 34.4 Å². The van der Waals surface area contributed by atoms with Gasteiger partial charge in [-0.3, -0.25) is 0 Å². The van der Waals surface area contributed by atoms with Crippen molar-refractivity contribution >= 4 is 19.2 Å². The highest BCUT2D eigenvalue weighted by molar-refractivity contribution is 6.74. The first-order valence-electron chi connectivity index (χ1n) is 11.7. The first kappa shape index (κ1) is 22.8. The van der Waals surface area contributed by atoms with Crippen LogP contribution in [0.5, 0.6) is 0 Å². The fourth-order valence-corrected chi connectivity index (χ4v) is 7.52. The van der Waals surface area contributed by atoms with Gasteiger partial charge in [0.15, 0.2) is 8.32 Å². The molecule has 0 aliphatic heterocycles. The Hall–Kier alpha value is -1.36. The van der Waals surface area contributed by atoms with Crippen LogP contribution in [-0.2, 0) is 22.5 Å². The quantitative estimate of drug-likeness (QED) is 0.429. The smallest absolute Gasteiger partial charge is 0.192 e. The zero-order valence-corrected chi connectivity index (χ0v) is 22.0. The van der Waals surface area contributed by atoms with E-state index in [-0.39, 0.29) is 27.9 Å². The molecule has 2 unspecified atom stereocenters. The largest absolute Gasteiger partial charge is 0.413 e. The van der Waals surface area contributed by atoms with Crippen molar-refractivity contribution in [3.05, 3.63) is 48.2 Å². The molecule has 170 valence electrons. The number of aliphatic hydroxyl groups is 1. The number of hydrogen-bond acceptors (Lipinski definition) is 2. The van der Waals surface area contributed by atoms with Gasteiger partial charge in [0.2, 0.25) is 0 Å². The molecule has 4 heteroatoms. The predicted octanol–water partition coefficient (Wildman–Crippen LogP) is 6.65. The molecule has 2 aromatic rings. The van der Waals surface area contributed by atoms with E-state index in [9.17, 15) is 5.11 Å². The number of benzene rings is 1. The summed E-state index contributed by atoms with van der Waals surface area (Å²) in [7, 11) is 0.114. The Morgan fingerprint density at radius 1 is 1.19 bits per heavy atom. The maximum absolute atomic E-state index is 12.4. The van der Waals surface area contributed by atoms with Gasteiger partial charge in [0.1, 0.15) is 0 Å². The lowest BCUT2D eigenvalue weighted by Gasteiger charge is -2.59. The molecule has 0 spiro atoms. The summed E-state index contributed by atoms with van der Waals surface area (Å²) in [6, 6.07) is 6.59. The Morgan fingerprint density at radius 3 is 2.42 bits per heavy atom.